The molecule has 0 bridgehead atoms. The predicted octanol–water partition coefficient (Wildman–Crippen LogP) is 3.12. The third kappa shape index (κ3) is 2.44. The van der Waals surface area contributed by atoms with Gasteiger partial charge >= 0.3 is 0 Å². The number of carbonyl (C=O) groups excluding carboxylic acids is 1. The number of amides is 1. The first-order valence-electron chi connectivity index (χ1n) is 8.03. The van der Waals surface area contributed by atoms with Crippen LogP contribution in [0.2, 0.25) is 0 Å². The van der Waals surface area contributed by atoms with E-state index in [0.29, 0.717) is 19.1 Å². The average Bonchev–Trinajstić information content (AvgIpc) is 3.17. The third-order valence-corrected chi connectivity index (χ3v) is 5.99. The Morgan fingerprint density at radius 2 is 2.26 bits per heavy atom. The Morgan fingerprint density at radius 1 is 1.43 bits per heavy atom. The molecule has 1 fully saturated rings. The molecule has 1 saturated heterocycles. The van der Waals surface area contributed by atoms with Crippen LogP contribution in [0.15, 0.2) is 30.3 Å². The Labute approximate surface area is 139 Å². The minimum Gasteiger partial charge on any atom is -0.488 e. The molecule has 0 aliphatic carbocycles. The van der Waals surface area contributed by atoms with Gasteiger partial charge in [0, 0.05) is 28.6 Å². The number of nitrogens with zero attached hydrogens (tertiary/aromatic N) is 1. The molecule has 4 nitrogen and oxygen atoms in total. The van der Waals surface area contributed by atoms with Crippen molar-refractivity contribution in [3.63, 3.8) is 0 Å². The fourth-order valence-corrected chi connectivity index (χ4v) is 4.70. The van der Waals surface area contributed by atoms with Gasteiger partial charge in [0.2, 0.25) is 0 Å². The first-order chi connectivity index (χ1) is 11.2. The Balaban J connectivity index is 1.65. The highest BCUT2D eigenvalue weighted by atomic mass is 32.1. The van der Waals surface area contributed by atoms with Gasteiger partial charge in [-0.15, -0.1) is 11.3 Å². The molecule has 2 atom stereocenters. The molecule has 0 radical (unpaired) electrons. The van der Waals surface area contributed by atoms with Crippen LogP contribution >= 0.6 is 11.3 Å². The molecule has 2 aromatic rings. The quantitative estimate of drug-likeness (QED) is 0.921. The molecule has 1 aromatic carbocycles. The Morgan fingerprint density at radius 3 is 3.04 bits per heavy atom. The van der Waals surface area contributed by atoms with Crippen molar-refractivity contribution in [3.8, 4) is 16.2 Å². The van der Waals surface area contributed by atoms with Crippen molar-refractivity contribution in [1.82, 2.24) is 4.90 Å². The van der Waals surface area contributed by atoms with Gasteiger partial charge in [-0.3, -0.25) is 4.79 Å². The fraction of sp³-hybridized carbons (Fsp3) is 0.389. The maximum Gasteiger partial charge on any atom is 0.264 e. The summed E-state index contributed by atoms with van der Waals surface area (Å²) < 4.78 is 5.79. The lowest BCUT2D eigenvalue weighted by molar-refractivity contribution is 0.0748. The van der Waals surface area contributed by atoms with E-state index in [1.807, 2.05) is 29.2 Å². The number of hydrogen-bond acceptors (Lipinski definition) is 4. The largest absolute Gasteiger partial charge is 0.488 e. The van der Waals surface area contributed by atoms with E-state index in [2.05, 4.69) is 13.0 Å². The maximum absolute atomic E-state index is 12.9. The zero-order valence-corrected chi connectivity index (χ0v) is 13.9. The van der Waals surface area contributed by atoms with Gasteiger partial charge in [0.05, 0.1) is 4.88 Å². The summed E-state index contributed by atoms with van der Waals surface area (Å²) in [6.45, 7) is 4.07. The first kappa shape index (κ1) is 14.7. The molecule has 5 heteroatoms. The van der Waals surface area contributed by atoms with E-state index < -0.39 is 0 Å². The van der Waals surface area contributed by atoms with Gasteiger partial charge in [-0.25, -0.2) is 0 Å². The normalized spacial score (nSPS) is 22.4. The van der Waals surface area contributed by atoms with E-state index in [1.165, 1.54) is 0 Å². The molecule has 2 aliphatic heterocycles. The maximum atomic E-state index is 12.9. The molecular weight excluding hydrogens is 308 g/mol. The van der Waals surface area contributed by atoms with E-state index in [9.17, 15) is 4.79 Å². The number of para-hydroxylation sites is 1. The summed E-state index contributed by atoms with van der Waals surface area (Å²) in [6, 6.07) is 10.3. The summed E-state index contributed by atoms with van der Waals surface area (Å²) in [5.74, 6) is 1.46. The van der Waals surface area contributed by atoms with Crippen molar-refractivity contribution in [1.29, 1.82) is 0 Å². The molecule has 0 saturated carbocycles. The van der Waals surface area contributed by atoms with Gasteiger partial charge in [0.1, 0.15) is 12.4 Å². The molecule has 1 aromatic heterocycles. The third-order valence-electron chi connectivity index (χ3n) is 4.79. The van der Waals surface area contributed by atoms with Crippen molar-refractivity contribution >= 4 is 17.2 Å². The van der Waals surface area contributed by atoms with Gasteiger partial charge in [0.25, 0.3) is 5.91 Å². The van der Waals surface area contributed by atoms with Crippen molar-refractivity contribution in [2.75, 3.05) is 13.1 Å². The molecule has 3 heterocycles. The monoisotopic (exact) mass is 328 g/mol. The van der Waals surface area contributed by atoms with Crippen LogP contribution in [0, 0.1) is 5.92 Å². The zero-order chi connectivity index (χ0) is 16.0. The molecule has 2 unspecified atom stereocenters. The molecule has 23 heavy (non-hydrogen) atoms. The van der Waals surface area contributed by atoms with E-state index in [4.69, 9.17) is 10.5 Å². The molecule has 2 aliphatic rings. The average molecular weight is 328 g/mol. The van der Waals surface area contributed by atoms with Crippen molar-refractivity contribution < 1.29 is 9.53 Å². The zero-order valence-electron chi connectivity index (χ0n) is 13.1. The Bertz CT molecular complexity index is 755. The lowest BCUT2D eigenvalue weighted by atomic mass is 10.1. The first-order valence-corrected chi connectivity index (χ1v) is 8.85. The standard InChI is InChI=1S/C18H20N2O2S/c1-11-6-12(8-19)9-20(11)18(21)16-7-13-10-22-15-5-3-2-4-14(15)17(13)23-16/h2-5,7,11-12H,6,8-10,19H2,1H3. The summed E-state index contributed by atoms with van der Waals surface area (Å²) in [5, 5.41) is 0. The second-order valence-corrected chi connectivity index (χ2v) is 7.45. The van der Waals surface area contributed by atoms with Crippen LogP contribution in [-0.2, 0) is 6.61 Å². The molecular formula is C18H20N2O2S. The summed E-state index contributed by atoms with van der Waals surface area (Å²) in [5.41, 5.74) is 7.98. The smallest absolute Gasteiger partial charge is 0.264 e. The molecule has 2 N–H and O–H groups in total. The number of hydrogen-bond donors (Lipinski definition) is 1. The minimum absolute atomic E-state index is 0.130. The summed E-state index contributed by atoms with van der Waals surface area (Å²) in [4.78, 5) is 16.8. The second-order valence-electron chi connectivity index (χ2n) is 6.39. The van der Waals surface area contributed by atoms with E-state index >= 15 is 0 Å². The van der Waals surface area contributed by atoms with Crippen molar-refractivity contribution in [2.24, 2.45) is 11.7 Å². The van der Waals surface area contributed by atoms with Gasteiger partial charge in [-0.05, 0) is 44.0 Å². The number of fused-ring (bicyclic) bond motifs is 3. The van der Waals surface area contributed by atoms with Gasteiger partial charge in [-0.2, -0.15) is 0 Å². The molecule has 1 amide bonds. The highest BCUT2D eigenvalue weighted by molar-refractivity contribution is 7.17. The predicted molar refractivity (Wildman–Crippen MR) is 91.7 cm³/mol. The Hall–Kier alpha value is -1.85. The van der Waals surface area contributed by atoms with Crippen LogP contribution < -0.4 is 10.5 Å². The lowest BCUT2D eigenvalue weighted by Gasteiger charge is -2.20. The van der Waals surface area contributed by atoms with E-state index in [1.54, 1.807) is 11.3 Å². The second kappa shape index (κ2) is 5.65. The van der Waals surface area contributed by atoms with E-state index in [0.717, 1.165) is 39.6 Å². The van der Waals surface area contributed by atoms with Crippen LogP contribution in [0.3, 0.4) is 0 Å². The van der Waals surface area contributed by atoms with Crippen LogP contribution in [0.1, 0.15) is 28.6 Å². The van der Waals surface area contributed by atoms with Crippen LogP contribution in [0.5, 0.6) is 5.75 Å². The van der Waals surface area contributed by atoms with Crippen LogP contribution in [0.4, 0.5) is 0 Å². The fourth-order valence-electron chi connectivity index (χ4n) is 3.54. The van der Waals surface area contributed by atoms with Crippen molar-refractivity contribution in [3.05, 3.63) is 40.8 Å². The number of likely N-dealkylation sites (tertiary alicyclic amines) is 1. The van der Waals surface area contributed by atoms with Crippen LogP contribution in [-0.4, -0.2) is 29.9 Å². The highest BCUT2D eigenvalue weighted by Gasteiger charge is 2.33. The summed E-state index contributed by atoms with van der Waals surface area (Å²) >= 11 is 1.58. The molecule has 120 valence electrons. The van der Waals surface area contributed by atoms with E-state index in [-0.39, 0.29) is 11.9 Å². The number of ether oxygens (including phenoxy) is 1. The molecule has 0 spiro atoms. The number of thiophene rings is 1. The molecule has 4 rings (SSSR count). The lowest BCUT2D eigenvalue weighted by Crippen LogP contribution is -2.33. The van der Waals surface area contributed by atoms with Crippen LogP contribution in [0.25, 0.3) is 10.4 Å². The van der Waals surface area contributed by atoms with Gasteiger partial charge in [-0.1, -0.05) is 12.1 Å². The number of carbonyl (C=O) groups is 1. The minimum atomic E-state index is 0.130. The van der Waals surface area contributed by atoms with Crippen molar-refractivity contribution in [2.45, 2.75) is 26.0 Å². The van der Waals surface area contributed by atoms with Gasteiger partial charge < -0.3 is 15.4 Å². The highest BCUT2D eigenvalue weighted by Crippen LogP contribution is 2.42. The SMILES string of the molecule is CC1CC(CN)CN1C(=O)c1cc2c(s1)-c1ccccc1OC2. The topological polar surface area (TPSA) is 55.6 Å². The number of benzene rings is 1. The number of nitrogens with two attached hydrogens (primary N) is 1. The summed E-state index contributed by atoms with van der Waals surface area (Å²) in [6.07, 6.45) is 0.999. The Kier molecular flexibility index (Phi) is 3.62. The summed E-state index contributed by atoms with van der Waals surface area (Å²) in [7, 11) is 0. The number of rotatable bonds is 2. The van der Waals surface area contributed by atoms with Gasteiger partial charge in [0.15, 0.2) is 0 Å².